The number of fused-ring (bicyclic) bond motifs is 1. The van der Waals surface area contributed by atoms with Crippen molar-refractivity contribution in [3.63, 3.8) is 0 Å². The maximum Gasteiger partial charge on any atom is 0.258 e. The number of ether oxygens (including phenoxy) is 2. The molecule has 4 heterocycles. The molecule has 11 heteroatoms. The van der Waals surface area contributed by atoms with E-state index in [1.54, 1.807) is 11.1 Å². The van der Waals surface area contributed by atoms with E-state index in [9.17, 15) is 14.4 Å². The maximum absolute atomic E-state index is 14.5. The minimum atomic E-state index is -0.530. The van der Waals surface area contributed by atoms with Crippen molar-refractivity contribution in [2.75, 3.05) is 24.5 Å². The van der Waals surface area contributed by atoms with Crippen molar-refractivity contribution < 1.29 is 18.7 Å². The zero-order valence-electron chi connectivity index (χ0n) is 25.4. The van der Waals surface area contributed by atoms with Crippen LogP contribution in [-0.4, -0.2) is 63.6 Å². The molecule has 0 bridgehead atoms. The molecule has 0 spiro atoms. The summed E-state index contributed by atoms with van der Waals surface area (Å²) in [5.74, 6) is 1.27. The lowest BCUT2D eigenvalue weighted by molar-refractivity contribution is 0.0226. The van der Waals surface area contributed by atoms with Crippen LogP contribution < -0.4 is 19.7 Å². The van der Waals surface area contributed by atoms with Crippen LogP contribution in [0.5, 0.6) is 17.2 Å². The molecule has 0 unspecified atom stereocenters. The number of nitrogens with zero attached hydrogens (tertiary/aromatic N) is 6. The fourth-order valence-electron chi connectivity index (χ4n) is 6.54. The average molecular weight is 600 g/mol. The van der Waals surface area contributed by atoms with Crippen LogP contribution in [0.1, 0.15) is 68.1 Å². The van der Waals surface area contributed by atoms with E-state index in [2.05, 4.69) is 31.2 Å². The molecule has 3 aliphatic rings. The van der Waals surface area contributed by atoms with Gasteiger partial charge in [0.2, 0.25) is 0 Å². The van der Waals surface area contributed by atoms with Crippen molar-refractivity contribution >= 4 is 11.7 Å². The van der Waals surface area contributed by atoms with E-state index in [1.807, 2.05) is 33.0 Å². The Morgan fingerprint density at radius 3 is 2.73 bits per heavy atom. The van der Waals surface area contributed by atoms with Gasteiger partial charge in [-0.2, -0.15) is 5.26 Å². The smallest absolute Gasteiger partial charge is 0.258 e. The molecule has 1 aromatic carbocycles. The molecule has 2 fully saturated rings. The molecule has 1 N–H and O–H groups in total. The predicted octanol–water partition coefficient (Wildman–Crippen LogP) is 5.04. The van der Waals surface area contributed by atoms with Gasteiger partial charge in [0.1, 0.15) is 29.7 Å². The lowest BCUT2D eigenvalue weighted by Gasteiger charge is -2.48. The second-order valence-electron chi connectivity index (χ2n) is 12.5. The van der Waals surface area contributed by atoms with Crippen molar-refractivity contribution in [3.8, 4) is 23.3 Å². The third-order valence-corrected chi connectivity index (χ3v) is 8.85. The molecule has 44 heavy (non-hydrogen) atoms. The number of rotatable bonds is 8. The lowest BCUT2D eigenvalue weighted by Crippen LogP contribution is -2.54. The Morgan fingerprint density at radius 1 is 1.18 bits per heavy atom. The van der Waals surface area contributed by atoms with Crippen LogP contribution in [-0.2, 0) is 13.0 Å². The first-order valence-electron chi connectivity index (χ1n) is 15.3. The third-order valence-electron chi connectivity index (χ3n) is 8.85. The maximum atomic E-state index is 14.5. The highest BCUT2D eigenvalue weighted by atomic mass is 19.1. The van der Waals surface area contributed by atoms with E-state index in [1.165, 1.54) is 24.5 Å². The first-order chi connectivity index (χ1) is 21.2. The summed E-state index contributed by atoms with van der Waals surface area (Å²) in [5.41, 5.74) is 1.92. The van der Waals surface area contributed by atoms with Gasteiger partial charge in [-0.1, -0.05) is 0 Å². The molecule has 230 valence electrons. The van der Waals surface area contributed by atoms with Crippen LogP contribution in [0.3, 0.4) is 0 Å². The first kappa shape index (κ1) is 29.8. The molecule has 1 amide bonds. The summed E-state index contributed by atoms with van der Waals surface area (Å²) in [6.07, 6.45) is 8.57. The monoisotopic (exact) mass is 599 g/mol. The fourth-order valence-corrected chi connectivity index (χ4v) is 6.54. The minimum absolute atomic E-state index is 0.0589. The van der Waals surface area contributed by atoms with Gasteiger partial charge in [-0.05, 0) is 57.9 Å². The number of hydrogen-bond donors (Lipinski definition) is 1. The van der Waals surface area contributed by atoms with Gasteiger partial charge in [0.15, 0.2) is 11.6 Å². The van der Waals surface area contributed by atoms with Crippen molar-refractivity contribution in [1.29, 1.82) is 5.26 Å². The van der Waals surface area contributed by atoms with E-state index < -0.39 is 11.2 Å². The Hall–Kier alpha value is -4.30. The summed E-state index contributed by atoms with van der Waals surface area (Å²) in [4.78, 5) is 31.0. The van der Waals surface area contributed by atoms with Gasteiger partial charge in [-0.25, -0.2) is 14.4 Å². The van der Waals surface area contributed by atoms with Gasteiger partial charge in [-0.3, -0.25) is 9.78 Å². The van der Waals surface area contributed by atoms with Crippen molar-refractivity contribution in [2.24, 2.45) is 5.41 Å². The Kier molecular flexibility index (Phi) is 8.36. The molecular formula is C33H38FN7O3. The van der Waals surface area contributed by atoms with Gasteiger partial charge < -0.3 is 24.6 Å². The number of carbonyl (C=O) groups is 1. The van der Waals surface area contributed by atoms with E-state index >= 15 is 0 Å². The van der Waals surface area contributed by atoms with Gasteiger partial charge in [-0.15, -0.1) is 0 Å². The molecule has 1 saturated heterocycles. The number of halogens is 1. The van der Waals surface area contributed by atoms with E-state index in [0.717, 1.165) is 49.4 Å². The van der Waals surface area contributed by atoms with Gasteiger partial charge in [0.05, 0.1) is 23.2 Å². The SMILES string of the molecule is CC(C)N(C(=O)c1cc(F)ccc1Oc1cncnc1N1CCC(Oc2ccnc3c2CNCC3)CC1)C1CC(C)(C#N)C1. The number of hydrogen-bond acceptors (Lipinski definition) is 9. The quantitative estimate of drug-likeness (QED) is 0.380. The summed E-state index contributed by atoms with van der Waals surface area (Å²) in [6, 6.07) is 8.02. The molecular weight excluding hydrogens is 561 g/mol. The van der Waals surface area contributed by atoms with Crippen molar-refractivity contribution in [2.45, 2.75) is 77.6 Å². The van der Waals surface area contributed by atoms with Crippen LogP contribution >= 0.6 is 0 Å². The summed E-state index contributed by atoms with van der Waals surface area (Å²) < 4.78 is 27.3. The zero-order valence-corrected chi connectivity index (χ0v) is 25.4. The average Bonchev–Trinajstić information content (AvgIpc) is 3.02. The number of pyridine rings is 1. The highest BCUT2D eigenvalue weighted by Gasteiger charge is 2.46. The molecule has 1 saturated carbocycles. The number of benzene rings is 1. The highest BCUT2D eigenvalue weighted by Crippen LogP contribution is 2.44. The van der Waals surface area contributed by atoms with Gasteiger partial charge in [0, 0.05) is 75.0 Å². The number of nitriles is 1. The lowest BCUT2D eigenvalue weighted by atomic mass is 9.67. The number of amides is 1. The molecule has 10 nitrogen and oxygen atoms in total. The molecule has 2 aromatic heterocycles. The zero-order chi connectivity index (χ0) is 30.8. The van der Waals surface area contributed by atoms with E-state index in [-0.39, 0.29) is 35.4 Å². The van der Waals surface area contributed by atoms with Gasteiger partial charge >= 0.3 is 0 Å². The second-order valence-corrected chi connectivity index (χ2v) is 12.5. The Bertz CT molecular complexity index is 1560. The molecule has 3 aromatic rings. The molecule has 0 atom stereocenters. The topological polar surface area (TPSA) is 116 Å². The Morgan fingerprint density at radius 2 is 1.98 bits per heavy atom. The van der Waals surface area contributed by atoms with Crippen LogP contribution in [0, 0.1) is 22.6 Å². The van der Waals surface area contributed by atoms with Crippen LogP contribution in [0.2, 0.25) is 0 Å². The fraction of sp³-hybridized carbons (Fsp3) is 0.485. The number of aromatic nitrogens is 3. The van der Waals surface area contributed by atoms with Gasteiger partial charge in [0.25, 0.3) is 5.91 Å². The van der Waals surface area contributed by atoms with Crippen molar-refractivity contribution in [1.82, 2.24) is 25.2 Å². The van der Waals surface area contributed by atoms with E-state index in [0.29, 0.717) is 37.5 Å². The normalized spacial score (nSPS) is 21.6. The second kappa shape index (κ2) is 12.4. The van der Waals surface area contributed by atoms with Crippen LogP contribution in [0.15, 0.2) is 43.0 Å². The predicted molar refractivity (Wildman–Crippen MR) is 162 cm³/mol. The molecule has 6 rings (SSSR count). The summed E-state index contributed by atoms with van der Waals surface area (Å²) in [7, 11) is 0. The van der Waals surface area contributed by atoms with Crippen LogP contribution in [0.4, 0.5) is 10.2 Å². The summed E-state index contributed by atoms with van der Waals surface area (Å²) in [6.45, 7) is 8.84. The Labute approximate surface area is 257 Å². The number of anilines is 1. The Balaban J connectivity index is 1.17. The number of piperidine rings is 1. The number of carbonyl (C=O) groups excluding carboxylic acids is 1. The molecule has 1 aliphatic carbocycles. The minimum Gasteiger partial charge on any atom is -0.490 e. The number of nitrogens with one attached hydrogen (secondary N) is 1. The first-order valence-corrected chi connectivity index (χ1v) is 15.3. The highest BCUT2D eigenvalue weighted by molar-refractivity contribution is 5.97. The molecule has 0 radical (unpaired) electrons. The third kappa shape index (κ3) is 6.04. The molecule has 2 aliphatic heterocycles. The largest absolute Gasteiger partial charge is 0.490 e. The van der Waals surface area contributed by atoms with E-state index in [4.69, 9.17) is 9.47 Å². The van der Waals surface area contributed by atoms with Crippen LogP contribution in [0.25, 0.3) is 0 Å². The van der Waals surface area contributed by atoms with Crippen molar-refractivity contribution in [3.05, 3.63) is 65.6 Å². The standard InChI is InChI=1S/C33H38FN7O3/c1-21(2)41(23-15-33(3,16-23)19-35)32(42)25-14-22(34)4-5-28(25)44-30-18-37-20-39-31(30)40-12-8-24(9-13-40)43-29-7-11-38-27-6-10-36-17-26(27)29/h4-5,7,11,14,18,20-21,23-24,36H,6,8-10,12-13,15-17H2,1-3H3. The summed E-state index contributed by atoms with van der Waals surface area (Å²) in [5, 5.41) is 12.9. The summed E-state index contributed by atoms with van der Waals surface area (Å²) >= 11 is 0.